The van der Waals surface area contributed by atoms with Crippen LogP contribution in [0.3, 0.4) is 0 Å². The summed E-state index contributed by atoms with van der Waals surface area (Å²) in [6.45, 7) is 8.40. The molecule has 2 aromatic rings. The molecule has 0 radical (unpaired) electrons. The van der Waals surface area contributed by atoms with Crippen molar-refractivity contribution < 1.29 is 9.32 Å². The lowest BCUT2D eigenvalue weighted by molar-refractivity contribution is -0.120. The molecule has 3 rings (SSSR count). The average molecular weight is 343 g/mol. The van der Waals surface area contributed by atoms with Gasteiger partial charge in [0, 0.05) is 24.8 Å². The van der Waals surface area contributed by atoms with Crippen LogP contribution in [0.4, 0.5) is 11.7 Å². The van der Waals surface area contributed by atoms with Gasteiger partial charge in [0.25, 0.3) is 0 Å². The average Bonchev–Trinajstić information content (AvgIpc) is 3.21. The van der Waals surface area contributed by atoms with Crippen molar-refractivity contribution in [3.63, 3.8) is 0 Å². The SMILES string of the molecule is Cc1cc(NC(=O)[C@H](C)N2CC[C@@H](CNc3cccc(C)n3)C2)on1. The molecule has 1 aliphatic rings. The summed E-state index contributed by atoms with van der Waals surface area (Å²) in [5.41, 5.74) is 1.76. The van der Waals surface area contributed by atoms with Crippen molar-refractivity contribution in [1.82, 2.24) is 15.0 Å². The molecule has 1 fully saturated rings. The number of pyridine rings is 1. The highest BCUT2D eigenvalue weighted by atomic mass is 16.5. The number of aromatic nitrogens is 2. The number of carbonyl (C=O) groups is 1. The maximum absolute atomic E-state index is 12.4. The lowest BCUT2D eigenvalue weighted by Crippen LogP contribution is -2.41. The standard InChI is InChI=1S/C18H25N5O2/c1-12-5-4-6-16(20-12)19-10-15-7-8-23(11-15)14(3)18(24)21-17-9-13(2)22-25-17/h4-6,9,14-15H,7-8,10-11H2,1-3H3,(H,19,20)(H,21,24)/t14-,15-/m0/s1. The van der Waals surface area contributed by atoms with Gasteiger partial charge in [-0.2, -0.15) is 0 Å². The molecule has 2 aromatic heterocycles. The number of hydrogen-bond donors (Lipinski definition) is 2. The van der Waals surface area contributed by atoms with E-state index in [9.17, 15) is 4.79 Å². The number of nitrogens with zero attached hydrogens (tertiary/aromatic N) is 3. The predicted octanol–water partition coefficient (Wildman–Crippen LogP) is 2.45. The van der Waals surface area contributed by atoms with Crippen molar-refractivity contribution in [1.29, 1.82) is 0 Å². The number of aryl methyl sites for hydroxylation is 2. The molecular weight excluding hydrogens is 318 g/mol. The zero-order valence-corrected chi connectivity index (χ0v) is 15.0. The number of rotatable bonds is 6. The van der Waals surface area contributed by atoms with Crippen LogP contribution in [-0.2, 0) is 4.79 Å². The molecule has 0 spiro atoms. The Morgan fingerprint density at radius 1 is 1.40 bits per heavy atom. The summed E-state index contributed by atoms with van der Waals surface area (Å²) in [7, 11) is 0. The Morgan fingerprint density at radius 2 is 2.24 bits per heavy atom. The molecule has 0 bridgehead atoms. The van der Waals surface area contributed by atoms with Crippen molar-refractivity contribution >= 4 is 17.6 Å². The second kappa shape index (κ2) is 7.65. The van der Waals surface area contributed by atoms with Crippen LogP contribution in [0.2, 0.25) is 0 Å². The highest BCUT2D eigenvalue weighted by Crippen LogP contribution is 2.20. The van der Waals surface area contributed by atoms with Crippen molar-refractivity contribution in [2.45, 2.75) is 33.2 Å². The summed E-state index contributed by atoms with van der Waals surface area (Å²) < 4.78 is 5.05. The lowest BCUT2D eigenvalue weighted by Gasteiger charge is -2.23. The summed E-state index contributed by atoms with van der Waals surface area (Å²) in [6, 6.07) is 7.49. The van der Waals surface area contributed by atoms with Gasteiger partial charge in [0.2, 0.25) is 11.8 Å². The zero-order valence-electron chi connectivity index (χ0n) is 15.0. The third kappa shape index (κ3) is 4.57. The van der Waals surface area contributed by atoms with E-state index < -0.39 is 0 Å². The molecule has 7 heteroatoms. The summed E-state index contributed by atoms with van der Waals surface area (Å²) in [6.07, 6.45) is 1.07. The van der Waals surface area contributed by atoms with E-state index >= 15 is 0 Å². The minimum Gasteiger partial charge on any atom is -0.370 e. The Labute approximate surface area is 147 Å². The fraction of sp³-hybridized carbons (Fsp3) is 0.500. The Hall–Kier alpha value is -2.41. The quantitative estimate of drug-likeness (QED) is 0.838. The van der Waals surface area contributed by atoms with Crippen molar-refractivity contribution in [3.8, 4) is 0 Å². The van der Waals surface area contributed by atoms with Gasteiger partial charge in [0.15, 0.2) is 0 Å². The van der Waals surface area contributed by atoms with Crippen LogP contribution in [0, 0.1) is 19.8 Å². The molecule has 7 nitrogen and oxygen atoms in total. The summed E-state index contributed by atoms with van der Waals surface area (Å²) in [5.74, 6) is 1.75. The van der Waals surface area contributed by atoms with Crippen LogP contribution < -0.4 is 10.6 Å². The fourth-order valence-corrected chi connectivity index (χ4v) is 3.09. The molecule has 2 atom stereocenters. The molecule has 0 aliphatic carbocycles. The topological polar surface area (TPSA) is 83.3 Å². The Kier molecular flexibility index (Phi) is 5.33. The molecule has 1 amide bonds. The second-order valence-corrected chi connectivity index (χ2v) is 6.69. The first-order chi connectivity index (χ1) is 12.0. The lowest BCUT2D eigenvalue weighted by atomic mass is 10.1. The summed E-state index contributed by atoms with van der Waals surface area (Å²) in [4.78, 5) is 19.0. The number of likely N-dealkylation sites (tertiary alicyclic amines) is 1. The van der Waals surface area contributed by atoms with Crippen LogP contribution in [0.5, 0.6) is 0 Å². The first-order valence-corrected chi connectivity index (χ1v) is 8.67. The molecule has 3 heterocycles. The molecule has 134 valence electrons. The largest absolute Gasteiger partial charge is 0.370 e. The third-order valence-corrected chi connectivity index (χ3v) is 4.58. The van der Waals surface area contributed by atoms with Gasteiger partial charge in [-0.05, 0) is 51.8 Å². The van der Waals surface area contributed by atoms with Crippen molar-refractivity contribution in [2.24, 2.45) is 5.92 Å². The van der Waals surface area contributed by atoms with E-state index in [0.29, 0.717) is 11.8 Å². The first-order valence-electron chi connectivity index (χ1n) is 8.67. The van der Waals surface area contributed by atoms with Crippen LogP contribution in [-0.4, -0.2) is 46.6 Å². The number of carbonyl (C=O) groups excluding carboxylic acids is 1. The predicted molar refractivity (Wildman–Crippen MR) is 96.5 cm³/mol. The van der Waals surface area contributed by atoms with Crippen LogP contribution in [0.25, 0.3) is 0 Å². The minimum absolute atomic E-state index is 0.0647. The van der Waals surface area contributed by atoms with Crippen molar-refractivity contribution in [2.75, 3.05) is 30.3 Å². The molecule has 0 aromatic carbocycles. The number of hydrogen-bond acceptors (Lipinski definition) is 6. The number of nitrogens with one attached hydrogen (secondary N) is 2. The highest BCUT2D eigenvalue weighted by molar-refractivity contribution is 5.93. The second-order valence-electron chi connectivity index (χ2n) is 6.69. The molecule has 0 unspecified atom stereocenters. The van der Waals surface area contributed by atoms with Gasteiger partial charge < -0.3 is 9.84 Å². The highest BCUT2D eigenvalue weighted by Gasteiger charge is 2.29. The Bertz CT molecular complexity index is 730. The van der Waals surface area contributed by atoms with E-state index in [1.54, 1.807) is 6.07 Å². The molecule has 2 N–H and O–H groups in total. The maximum Gasteiger partial charge on any atom is 0.243 e. The van der Waals surface area contributed by atoms with Crippen LogP contribution in [0.15, 0.2) is 28.8 Å². The van der Waals surface area contributed by atoms with Gasteiger partial charge in [0.05, 0.1) is 11.7 Å². The van der Waals surface area contributed by atoms with Gasteiger partial charge in [-0.1, -0.05) is 11.2 Å². The molecule has 0 saturated carbocycles. The van der Waals surface area contributed by atoms with Gasteiger partial charge in [-0.25, -0.2) is 4.98 Å². The third-order valence-electron chi connectivity index (χ3n) is 4.58. The molecule has 1 aliphatic heterocycles. The Morgan fingerprint density at radius 3 is 2.96 bits per heavy atom. The van der Waals surface area contributed by atoms with Gasteiger partial charge >= 0.3 is 0 Å². The van der Waals surface area contributed by atoms with Crippen LogP contribution >= 0.6 is 0 Å². The van der Waals surface area contributed by atoms with E-state index in [-0.39, 0.29) is 11.9 Å². The monoisotopic (exact) mass is 343 g/mol. The number of anilines is 2. The smallest absolute Gasteiger partial charge is 0.243 e. The number of amides is 1. The van der Waals surface area contributed by atoms with Crippen LogP contribution in [0.1, 0.15) is 24.7 Å². The van der Waals surface area contributed by atoms with Crippen molar-refractivity contribution in [3.05, 3.63) is 35.7 Å². The molecular formula is C18H25N5O2. The van der Waals surface area contributed by atoms with Gasteiger partial charge in [0.1, 0.15) is 5.82 Å². The normalized spacial score (nSPS) is 18.9. The summed E-state index contributed by atoms with van der Waals surface area (Å²) in [5, 5.41) is 9.96. The van der Waals surface area contributed by atoms with E-state index in [1.165, 1.54) is 0 Å². The zero-order chi connectivity index (χ0) is 17.8. The van der Waals surface area contributed by atoms with Gasteiger partial charge in [-0.3, -0.25) is 15.0 Å². The van der Waals surface area contributed by atoms with E-state index in [0.717, 1.165) is 43.3 Å². The molecule has 1 saturated heterocycles. The minimum atomic E-state index is -0.201. The summed E-state index contributed by atoms with van der Waals surface area (Å²) >= 11 is 0. The molecule has 25 heavy (non-hydrogen) atoms. The van der Waals surface area contributed by atoms with E-state index in [1.807, 2.05) is 39.0 Å². The van der Waals surface area contributed by atoms with E-state index in [2.05, 4.69) is 25.7 Å². The van der Waals surface area contributed by atoms with Gasteiger partial charge in [-0.15, -0.1) is 0 Å². The Balaban J connectivity index is 1.47. The fourth-order valence-electron chi connectivity index (χ4n) is 3.09. The van der Waals surface area contributed by atoms with E-state index in [4.69, 9.17) is 4.52 Å². The first kappa shape index (κ1) is 17.4. The maximum atomic E-state index is 12.4.